The molecular weight excluding hydrogens is 474 g/mol. The van der Waals surface area contributed by atoms with Crippen molar-refractivity contribution in [2.75, 3.05) is 19.6 Å². The van der Waals surface area contributed by atoms with Gasteiger partial charge in [-0.05, 0) is 59.7 Å². The van der Waals surface area contributed by atoms with Gasteiger partial charge in [0, 0.05) is 24.6 Å². The lowest BCUT2D eigenvalue weighted by molar-refractivity contribution is -0.134. The third-order valence-electron chi connectivity index (χ3n) is 7.05. The monoisotopic (exact) mass is 507 g/mol. The number of rotatable bonds is 6. The fourth-order valence-electron chi connectivity index (χ4n) is 5.26. The van der Waals surface area contributed by atoms with Crippen LogP contribution in [0.1, 0.15) is 46.6 Å². The van der Waals surface area contributed by atoms with Gasteiger partial charge in [-0.1, -0.05) is 103 Å². The van der Waals surface area contributed by atoms with E-state index in [9.17, 15) is 9.59 Å². The number of carbonyl (C=O) groups is 2. The molecule has 0 aromatic heterocycles. The van der Waals surface area contributed by atoms with Crippen LogP contribution in [-0.4, -0.2) is 46.7 Å². The molecule has 2 N–H and O–H groups in total. The molecule has 5 heteroatoms. The minimum absolute atomic E-state index is 0.495. The third kappa shape index (κ3) is 7.40. The third-order valence-corrected chi connectivity index (χ3v) is 7.05. The van der Waals surface area contributed by atoms with Gasteiger partial charge >= 0.3 is 11.9 Å². The van der Waals surface area contributed by atoms with Crippen LogP contribution < -0.4 is 0 Å². The molecule has 1 saturated heterocycles. The summed E-state index contributed by atoms with van der Waals surface area (Å²) in [5.74, 6) is -1.32. The second-order valence-electron chi connectivity index (χ2n) is 9.53. The zero-order valence-electron chi connectivity index (χ0n) is 21.3. The largest absolute Gasteiger partial charge is 0.478 e. The number of aliphatic carboxylic acids is 2. The first kappa shape index (κ1) is 26.8. The smallest absolute Gasteiger partial charge is 0.328 e. The first-order valence-electron chi connectivity index (χ1n) is 12.9. The number of carboxylic acid groups (broad SMARTS) is 2. The number of benzene rings is 3. The van der Waals surface area contributed by atoms with Crippen LogP contribution in [0.2, 0.25) is 0 Å². The molecule has 194 valence electrons. The van der Waals surface area contributed by atoms with Gasteiger partial charge in [0.05, 0.1) is 0 Å². The van der Waals surface area contributed by atoms with Crippen molar-refractivity contribution in [1.29, 1.82) is 0 Å². The van der Waals surface area contributed by atoms with E-state index in [4.69, 9.17) is 10.2 Å². The summed E-state index contributed by atoms with van der Waals surface area (Å²) in [7, 11) is 0. The number of fused-ring (bicyclic) bond motifs is 2. The molecule has 0 amide bonds. The molecule has 0 spiro atoms. The Labute approximate surface area is 224 Å². The average molecular weight is 508 g/mol. The van der Waals surface area contributed by atoms with Gasteiger partial charge in [0.25, 0.3) is 0 Å². The van der Waals surface area contributed by atoms with Gasteiger partial charge in [0.2, 0.25) is 0 Å². The van der Waals surface area contributed by atoms with Crippen LogP contribution in [-0.2, 0) is 9.59 Å². The summed E-state index contributed by atoms with van der Waals surface area (Å²) < 4.78 is 0. The molecule has 3 aromatic carbocycles. The lowest BCUT2D eigenvalue weighted by Gasteiger charge is -2.37. The second kappa shape index (κ2) is 13.4. The van der Waals surface area contributed by atoms with Crippen LogP contribution in [0.4, 0.5) is 0 Å². The Morgan fingerprint density at radius 3 is 1.76 bits per heavy atom. The van der Waals surface area contributed by atoms with Gasteiger partial charge in [-0.2, -0.15) is 0 Å². The molecule has 1 aliphatic heterocycles. The van der Waals surface area contributed by atoms with E-state index in [0.717, 1.165) is 6.54 Å². The van der Waals surface area contributed by atoms with E-state index in [2.05, 4.69) is 108 Å². The Morgan fingerprint density at radius 1 is 0.737 bits per heavy atom. The van der Waals surface area contributed by atoms with Crippen molar-refractivity contribution in [3.63, 3.8) is 0 Å². The van der Waals surface area contributed by atoms with E-state index in [1.165, 1.54) is 53.7 Å². The standard InChI is InChI=1S/C29H29N.C4H4O4/c1-2-9-23(10-3-1)11-8-20-30-21-18-26(19-22-30)29-27-14-6-4-12-24(27)16-17-25-13-5-7-15-28(25)29;5-3(6)1-2-4(7)8/h1-17,26,29H,18-22H2;1-2H,(H,5,6)(H,7,8). The van der Waals surface area contributed by atoms with Crippen molar-refractivity contribution in [3.8, 4) is 0 Å². The summed E-state index contributed by atoms with van der Waals surface area (Å²) in [5.41, 5.74) is 7.05. The van der Waals surface area contributed by atoms with Crippen molar-refractivity contribution in [1.82, 2.24) is 4.90 Å². The number of hydrogen-bond donors (Lipinski definition) is 2. The van der Waals surface area contributed by atoms with Crippen molar-refractivity contribution in [2.24, 2.45) is 5.92 Å². The summed E-state index contributed by atoms with van der Waals surface area (Å²) in [6, 6.07) is 28.6. The average Bonchev–Trinajstić information content (AvgIpc) is 3.10. The predicted molar refractivity (Wildman–Crippen MR) is 153 cm³/mol. The maximum atomic E-state index is 9.55. The molecule has 0 radical (unpaired) electrons. The Bertz CT molecular complexity index is 1250. The van der Waals surface area contributed by atoms with Gasteiger partial charge in [0.1, 0.15) is 0 Å². The van der Waals surface area contributed by atoms with Crippen LogP contribution in [0.25, 0.3) is 18.2 Å². The quantitative estimate of drug-likeness (QED) is 0.376. The van der Waals surface area contributed by atoms with Crippen LogP contribution in [0, 0.1) is 5.92 Å². The highest BCUT2D eigenvalue weighted by atomic mass is 16.4. The van der Waals surface area contributed by atoms with Crippen LogP contribution in [0.15, 0.2) is 97.1 Å². The van der Waals surface area contributed by atoms with Gasteiger partial charge < -0.3 is 10.2 Å². The zero-order valence-corrected chi connectivity index (χ0v) is 21.3. The maximum Gasteiger partial charge on any atom is 0.328 e. The van der Waals surface area contributed by atoms with Crippen molar-refractivity contribution in [3.05, 3.63) is 125 Å². The number of hydrogen-bond acceptors (Lipinski definition) is 3. The molecular formula is C33H33NO4. The minimum Gasteiger partial charge on any atom is -0.478 e. The Kier molecular flexibility index (Phi) is 9.43. The van der Waals surface area contributed by atoms with E-state index < -0.39 is 11.9 Å². The number of likely N-dealkylation sites (tertiary alicyclic amines) is 1. The molecule has 5 rings (SSSR count). The van der Waals surface area contributed by atoms with E-state index in [0.29, 0.717) is 24.0 Å². The van der Waals surface area contributed by atoms with Crippen molar-refractivity contribution < 1.29 is 19.8 Å². The summed E-state index contributed by atoms with van der Waals surface area (Å²) in [6.07, 6.45) is 12.8. The highest BCUT2D eigenvalue weighted by Crippen LogP contribution is 2.43. The Morgan fingerprint density at radius 2 is 1.24 bits per heavy atom. The van der Waals surface area contributed by atoms with Crippen molar-refractivity contribution in [2.45, 2.75) is 18.8 Å². The molecule has 2 aliphatic rings. The van der Waals surface area contributed by atoms with Crippen LogP contribution in [0.5, 0.6) is 0 Å². The lowest BCUT2D eigenvalue weighted by atomic mass is 9.74. The summed E-state index contributed by atoms with van der Waals surface area (Å²) in [5, 5.41) is 15.6. The fraction of sp³-hybridized carbons (Fsp3) is 0.212. The van der Waals surface area contributed by atoms with Gasteiger partial charge in [-0.3, -0.25) is 4.90 Å². The predicted octanol–water partition coefficient (Wildman–Crippen LogP) is 6.44. The highest BCUT2D eigenvalue weighted by Gasteiger charge is 2.31. The maximum absolute atomic E-state index is 9.55. The van der Waals surface area contributed by atoms with Crippen molar-refractivity contribution >= 4 is 30.2 Å². The van der Waals surface area contributed by atoms with Gasteiger partial charge in [0.15, 0.2) is 0 Å². The summed E-state index contributed by atoms with van der Waals surface area (Å²) >= 11 is 0. The van der Waals surface area contributed by atoms with Crippen LogP contribution in [0.3, 0.4) is 0 Å². The molecule has 0 atom stereocenters. The van der Waals surface area contributed by atoms with Crippen LogP contribution >= 0.6 is 0 Å². The van der Waals surface area contributed by atoms with E-state index in [1.807, 2.05) is 0 Å². The molecule has 3 aromatic rings. The summed E-state index contributed by atoms with van der Waals surface area (Å²) in [4.78, 5) is 21.7. The highest BCUT2D eigenvalue weighted by molar-refractivity contribution is 5.89. The molecule has 1 aliphatic carbocycles. The summed E-state index contributed by atoms with van der Waals surface area (Å²) in [6.45, 7) is 3.40. The molecule has 38 heavy (non-hydrogen) atoms. The number of nitrogens with zero attached hydrogens (tertiary/aromatic N) is 1. The molecule has 1 fully saturated rings. The van der Waals surface area contributed by atoms with E-state index in [1.54, 1.807) is 0 Å². The molecule has 0 bridgehead atoms. The normalized spacial score (nSPS) is 15.9. The number of piperidine rings is 1. The topological polar surface area (TPSA) is 77.8 Å². The van der Waals surface area contributed by atoms with Gasteiger partial charge in [-0.15, -0.1) is 0 Å². The van der Waals surface area contributed by atoms with E-state index in [-0.39, 0.29) is 0 Å². The fourth-order valence-corrected chi connectivity index (χ4v) is 5.26. The second-order valence-corrected chi connectivity index (χ2v) is 9.53. The number of carboxylic acids is 2. The Balaban J connectivity index is 0.000000368. The first-order valence-corrected chi connectivity index (χ1v) is 12.9. The molecule has 1 heterocycles. The minimum atomic E-state index is -1.26. The molecule has 0 unspecified atom stereocenters. The molecule has 5 nitrogen and oxygen atoms in total. The van der Waals surface area contributed by atoms with Gasteiger partial charge in [-0.25, -0.2) is 9.59 Å². The SMILES string of the molecule is C(=Cc1ccccc1)CN1CCC(C2c3ccccc3C=Cc3ccccc32)CC1.O=C(O)C=CC(=O)O. The lowest BCUT2D eigenvalue weighted by Crippen LogP contribution is -2.36. The molecule has 0 saturated carbocycles. The Hall–Kier alpha value is -4.22. The zero-order chi connectivity index (χ0) is 26.7. The first-order chi connectivity index (χ1) is 18.5. The van der Waals surface area contributed by atoms with E-state index >= 15 is 0 Å².